The van der Waals surface area contributed by atoms with E-state index < -0.39 is 29.2 Å². The van der Waals surface area contributed by atoms with Crippen molar-refractivity contribution in [1.82, 2.24) is 29.0 Å². The Bertz CT molecular complexity index is 1420. The van der Waals surface area contributed by atoms with E-state index in [0.29, 0.717) is 6.42 Å². The van der Waals surface area contributed by atoms with E-state index in [0.717, 1.165) is 21.2 Å². The molecule has 0 aliphatic rings. The predicted molar refractivity (Wildman–Crippen MR) is 116 cm³/mol. The van der Waals surface area contributed by atoms with E-state index in [-0.39, 0.29) is 24.1 Å². The van der Waals surface area contributed by atoms with Crippen LogP contribution >= 0.6 is 0 Å². The Balaban J connectivity index is 1.48. The number of imidazole rings is 1. The molecule has 3 aromatic heterocycles. The number of rotatable bonds is 7. The highest BCUT2D eigenvalue weighted by Gasteiger charge is 2.22. The molecule has 11 nitrogen and oxygen atoms in total. The first kappa shape index (κ1) is 21.1. The van der Waals surface area contributed by atoms with Crippen molar-refractivity contribution in [2.45, 2.75) is 25.4 Å². The molecule has 3 N–H and O–H groups in total. The number of hydrogen-bond donors (Lipinski definition) is 3. The van der Waals surface area contributed by atoms with E-state index >= 15 is 0 Å². The Morgan fingerprint density at radius 3 is 2.66 bits per heavy atom. The van der Waals surface area contributed by atoms with Crippen LogP contribution in [0.3, 0.4) is 0 Å². The summed E-state index contributed by atoms with van der Waals surface area (Å²) in [4.78, 5) is 56.1. The van der Waals surface area contributed by atoms with Gasteiger partial charge in [-0.3, -0.25) is 18.7 Å². The second-order valence-electron chi connectivity index (χ2n) is 7.63. The zero-order chi connectivity index (χ0) is 23.0. The number of aromatic nitrogens is 5. The fourth-order valence-corrected chi connectivity index (χ4v) is 3.74. The maximum atomic E-state index is 12.6. The van der Waals surface area contributed by atoms with Gasteiger partial charge in [0.05, 0.1) is 6.33 Å². The predicted octanol–water partition coefficient (Wildman–Crippen LogP) is 0.117. The summed E-state index contributed by atoms with van der Waals surface area (Å²) in [5.74, 6) is -1.73. The lowest BCUT2D eigenvalue weighted by atomic mass is 10.1. The summed E-state index contributed by atoms with van der Waals surface area (Å²) in [6.07, 6.45) is 1.91. The van der Waals surface area contributed by atoms with Crippen molar-refractivity contribution in [3.63, 3.8) is 0 Å². The third-order valence-electron chi connectivity index (χ3n) is 5.45. The number of H-pyrrole nitrogens is 1. The lowest BCUT2D eigenvalue weighted by molar-refractivity contribution is -0.142. The van der Waals surface area contributed by atoms with Crippen LogP contribution in [0, 0.1) is 0 Å². The lowest BCUT2D eigenvalue weighted by Gasteiger charge is -2.14. The van der Waals surface area contributed by atoms with Crippen molar-refractivity contribution < 1.29 is 14.7 Å². The Morgan fingerprint density at radius 1 is 1.19 bits per heavy atom. The molecule has 1 atom stereocenters. The average Bonchev–Trinajstić information content (AvgIpc) is 3.37. The van der Waals surface area contributed by atoms with Crippen LogP contribution in [0.4, 0.5) is 0 Å². The number of carbonyl (C=O) groups excluding carboxylic acids is 1. The zero-order valence-corrected chi connectivity index (χ0v) is 17.5. The average molecular weight is 438 g/mol. The molecule has 0 aliphatic carbocycles. The second-order valence-corrected chi connectivity index (χ2v) is 7.63. The highest BCUT2D eigenvalue weighted by atomic mass is 16.4. The van der Waals surface area contributed by atoms with Crippen molar-refractivity contribution in [3.05, 3.63) is 63.2 Å². The number of amides is 1. The summed E-state index contributed by atoms with van der Waals surface area (Å²) in [7, 11) is 2.82. The Kier molecular flexibility index (Phi) is 5.39. The highest BCUT2D eigenvalue weighted by Crippen LogP contribution is 2.16. The molecule has 4 aromatic rings. The van der Waals surface area contributed by atoms with Gasteiger partial charge >= 0.3 is 11.7 Å². The number of fused-ring (bicyclic) bond motifs is 2. The number of carbonyl (C=O) groups is 2. The number of nitrogens with one attached hydrogen (secondary N) is 2. The number of carboxylic acids is 1. The molecule has 0 saturated heterocycles. The van der Waals surface area contributed by atoms with Gasteiger partial charge in [-0.25, -0.2) is 14.6 Å². The maximum absolute atomic E-state index is 12.6. The quantitative estimate of drug-likeness (QED) is 0.374. The zero-order valence-electron chi connectivity index (χ0n) is 17.5. The number of para-hydroxylation sites is 1. The molecule has 4 rings (SSSR count). The van der Waals surface area contributed by atoms with Gasteiger partial charge in [0.15, 0.2) is 11.2 Å². The van der Waals surface area contributed by atoms with Gasteiger partial charge in [-0.2, -0.15) is 0 Å². The van der Waals surface area contributed by atoms with Crippen LogP contribution in [0.15, 0.2) is 46.2 Å². The number of hydrogen-bond acceptors (Lipinski definition) is 5. The first-order valence-corrected chi connectivity index (χ1v) is 9.96. The standard InChI is InChI=1S/C21H22N6O5/c1-25-18-17(19(29)26(2)21(25)32)27(11-22-18)10-16(28)24-15(20(30)31)8-7-13-9-12-5-3-4-6-14(12)23-13/h3-6,9,11,15,23H,7-8,10H2,1-2H3,(H,24,28)(H,30,31)/t15-/m0/s1. The maximum Gasteiger partial charge on any atom is 0.332 e. The van der Waals surface area contributed by atoms with Crippen LogP contribution in [0.1, 0.15) is 12.1 Å². The van der Waals surface area contributed by atoms with Crippen LogP contribution in [-0.4, -0.2) is 46.7 Å². The van der Waals surface area contributed by atoms with E-state index in [1.165, 1.54) is 29.6 Å². The van der Waals surface area contributed by atoms with Crippen LogP contribution in [-0.2, 0) is 36.6 Å². The molecule has 0 aliphatic heterocycles. The molecule has 166 valence electrons. The third kappa shape index (κ3) is 3.80. The summed E-state index contributed by atoms with van der Waals surface area (Å²) < 4.78 is 3.45. The van der Waals surface area contributed by atoms with E-state index in [9.17, 15) is 24.3 Å². The van der Waals surface area contributed by atoms with Crippen LogP contribution in [0.25, 0.3) is 22.1 Å². The fourth-order valence-electron chi connectivity index (χ4n) is 3.74. The molecule has 32 heavy (non-hydrogen) atoms. The molecule has 0 spiro atoms. The summed E-state index contributed by atoms with van der Waals surface area (Å²) in [6.45, 7) is -0.305. The van der Waals surface area contributed by atoms with E-state index in [1.54, 1.807) is 0 Å². The topological polar surface area (TPSA) is 144 Å². The molecule has 0 saturated carbocycles. The molecule has 0 radical (unpaired) electrons. The van der Waals surface area contributed by atoms with Gasteiger partial charge in [-0.15, -0.1) is 0 Å². The summed E-state index contributed by atoms with van der Waals surface area (Å²) in [5.41, 5.74) is 0.967. The number of aryl methyl sites for hydroxylation is 2. The van der Waals surface area contributed by atoms with Crippen molar-refractivity contribution in [2.24, 2.45) is 14.1 Å². The summed E-state index contributed by atoms with van der Waals surface area (Å²) in [6, 6.07) is 8.58. The molecule has 3 heterocycles. The van der Waals surface area contributed by atoms with Crippen molar-refractivity contribution in [3.8, 4) is 0 Å². The third-order valence-corrected chi connectivity index (χ3v) is 5.45. The van der Waals surface area contributed by atoms with Crippen LogP contribution < -0.4 is 16.6 Å². The Hall–Kier alpha value is -4.15. The number of nitrogens with zero attached hydrogens (tertiary/aromatic N) is 4. The minimum Gasteiger partial charge on any atom is -0.480 e. The number of carboxylic acid groups (broad SMARTS) is 1. The first-order valence-electron chi connectivity index (χ1n) is 9.96. The SMILES string of the molecule is Cn1c(=O)c2c(ncn2CC(=O)N[C@@H](CCc2cc3ccccc3[nH]2)C(=O)O)n(C)c1=O. The summed E-state index contributed by atoms with van der Waals surface area (Å²) in [5, 5.41) is 13.1. The number of aliphatic carboxylic acids is 1. The van der Waals surface area contributed by atoms with Gasteiger partial charge in [-0.1, -0.05) is 18.2 Å². The first-order chi connectivity index (χ1) is 15.3. The Labute approximate surface area is 180 Å². The molecule has 11 heteroatoms. The summed E-state index contributed by atoms with van der Waals surface area (Å²) >= 11 is 0. The van der Waals surface area contributed by atoms with Gasteiger partial charge in [-0.05, 0) is 30.4 Å². The van der Waals surface area contributed by atoms with E-state index in [2.05, 4.69) is 15.3 Å². The molecule has 0 fully saturated rings. The van der Waals surface area contributed by atoms with Gasteiger partial charge in [0.2, 0.25) is 5.91 Å². The molecule has 1 aromatic carbocycles. The smallest absolute Gasteiger partial charge is 0.332 e. The molecular formula is C21H22N6O5. The van der Waals surface area contributed by atoms with Gasteiger partial charge < -0.3 is 20.0 Å². The normalized spacial score (nSPS) is 12.3. The van der Waals surface area contributed by atoms with Gasteiger partial charge in [0.1, 0.15) is 12.6 Å². The fraction of sp³-hybridized carbons (Fsp3) is 0.286. The van der Waals surface area contributed by atoms with Gasteiger partial charge in [0.25, 0.3) is 5.56 Å². The lowest BCUT2D eigenvalue weighted by Crippen LogP contribution is -2.43. The van der Waals surface area contributed by atoms with Crippen molar-refractivity contribution >= 4 is 33.9 Å². The van der Waals surface area contributed by atoms with E-state index in [4.69, 9.17) is 0 Å². The Morgan fingerprint density at radius 2 is 1.94 bits per heavy atom. The molecule has 1 amide bonds. The molecule has 0 unspecified atom stereocenters. The van der Waals surface area contributed by atoms with Gasteiger partial charge in [0, 0.05) is 25.3 Å². The van der Waals surface area contributed by atoms with E-state index in [1.807, 2.05) is 30.3 Å². The minimum absolute atomic E-state index is 0.0923. The molecule has 0 bridgehead atoms. The van der Waals surface area contributed by atoms with Crippen LogP contribution in [0.5, 0.6) is 0 Å². The largest absolute Gasteiger partial charge is 0.480 e. The monoisotopic (exact) mass is 438 g/mol. The number of aromatic amines is 1. The highest BCUT2D eigenvalue weighted by molar-refractivity contribution is 5.84. The molecular weight excluding hydrogens is 416 g/mol. The van der Waals surface area contributed by atoms with Crippen LogP contribution in [0.2, 0.25) is 0 Å². The van der Waals surface area contributed by atoms with Crippen molar-refractivity contribution in [2.75, 3.05) is 0 Å². The number of benzene rings is 1. The van der Waals surface area contributed by atoms with Crippen molar-refractivity contribution in [1.29, 1.82) is 0 Å². The second kappa shape index (κ2) is 8.17. The minimum atomic E-state index is -1.15.